The summed E-state index contributed by atoms with van der Waals surface area (Å²) >= 11 is 0. The molecule has 0 aliphatic heterocycles. The summed E-state index contributed by atoms with van der Waals surface area (Å²) in [6.07, 6.45) is 0.882. The van der Waals surface area contributed by atoms with Gasteiger partial charge in [0.05, 0.1) is 4.90 Å². The number of nitrogens with two attached hydrogens (primary N) is 1. The molecule has 1 saturated carbocycles. The van der Waals surface area contributed by atoms with E-state index in [4.69, 9.17) is 5.73 Å². The number of anilines is 1. The lowest BCUT2D eigenvalue weighted by Crippen LogP contribution is -2.29. The van der Waals surface area contributed by atoms with Crippen molar-refractivity contribution in [3.63, 3.8) is 0 Å². The fourth-order valence-corrected chi connectivity index (χ4v) is 4.08. The van der Waals surface area contributed by atoms with Crippen LogP contribution in [0, 0.1) is 19.3 Å². The highest BCUT2D eigenvalue weighted by molar-refractivity contribution is 7.89. The van der Waals surface area contributed by atoms with E-state index >= 15 is 0 Å². The minimum Gasteiger partial charge on any atom is -0.398 e. The van der Waals surface area contributed by atoms with E-state index in [9.17, 15) is 8.42 Å². The van der Waals surface area contributed by atoms with Crippen molar-refractivity contribution < 1.29 is 8.42 Å². The van der Waals surface area contributed by atoms with Gasteiger partial charge in [-0.2, -0.15) is 0 Å². The number of nitrogens with one attached hydrogen (secondary N) is 1. The zero-order chi connectivity index (χ0) is 13.7. The van der Waals surface area contributed by atoms with Crippen LogP contribution in [0.2, 0.25) is 0 Å². The first-order valence-electron chi connectivity index (χ1n) is 6.03. The van der Waals surface area contributed by atoms with Crippen molar-refractivity contribution in [3.05, 3.63) is 23.3 Å². The molecule has 1 aliphatic rings. The molecule has 1 fully saturated rings. The van der Waals surface area contributed by atoms with E-state index in [1.807, 2.05) is 0 Å². The Morgan fingerprint density at radius 3 is 2.39 bits per heavy atom. The summed E-state index contributed by atoms with van der Waals surface area (Å²) in [4.78, 5) is 0.324. The normalized spacial score (nSPS) is 21.9. The quantitative estimate of drug-likeness (QED) is 0.823. The maximum absolute atomic E-state index is 12.4. The summed E-state index contributed by atoms with van der Waals surface area (Å²) in [5.74, 6) is 0. The zero-order valence-corrected chi connectivity index (χ0v) is 12.1. The molecule has 0 spiro atoms. The molecule has 5 heteroatoms. The van der Waals surface area contributed by atoms with Crippen molar-refractivity contribution in [1.82, 2.24) is 4.72 Å². The van der Waals surface area contributed by atoms with Crippen LogP contribution in [0.15, 0.2) is 17.0 Å². The Morgan fingerprint density at radius 2 is 1.89 bits per heavy atom. The van der Waals surface area contributed by atoms with Crippen LogP contribution in [-0.4, -0.2) is 14.5 Å². The third-order valence-corrected chi connectivity index (χ3v) is 5.48. The van der Waals surface area contributed by atoms with Gasteiger partial charge in [0, 0.05) is 11.7 Å². The van der Waals surface area contributed by atoms with Crippen LogP contribution >= 0.6 is 0 Å². The van der Waals surface area contributed by atoms with Crippen LogP contribution in [-0.2, 0) is 10.0 Å². The molecule has 0 bridgehead atoms. The standard InChI is InChI=1S/C13H20N2O2S/c1-8-5-6-10(14)9(2)12(8)18(16,17)15-11-7-13(11,3)4/h5-6,11,15H,7,14H2,1-4H3. The van der Waals surface area contributed by atoms with E-state index in [0.29, 0.717) is 16.1 Å². The van der Waals surface area contributed by atoms with Crippen LogP contribution in [0.4, 0.5) is 5.69 Å². The van der Waals surface area contributed by atoms with Gasteiger partial charge in [-0.1, -0.05) is 19.9 Å². The van der Waals surface area contributed by atoms with Crippen molar-refractivity contribution in [3.8, 4) is 0 Å². The zero-order valence-electron chi connectivity index (χ0n) is 11.2. The lowest BCUT2D eigenvalue weighted by atomic mass is 10.1. The molecular weight excluding hydrogens is 248 g/mol. The Hall–Kier alpha value is -1.07. The monoisotopic (exact) mass is 268 g/mol. The number of sulfonamides is 1. The van der Waals surface area contributed by atoms with E-state index in [1.165, 1.54) is 0 Å². The molecule has 1 aromatic carbocycles. The van der Waals surface area contributed by atoms with Gasteiger partial charge in [-0.05, 0) is 42.9 Å². The van der Waals surface area contributed by atoms with Crippen molar-refractivity contribution in [2.45, 2.75) is 45.1 Å². The molecule has 0 radical (unpaired) electrons. The number of hydrogen-bond acceptors (Lipinski definition) is 3. The molecule has 1 unspecified atom stereocenters. The summed E-state index contributed by atoms with van der Waals surface area (Å²) in [6.45, 7) is 7.65. The molecule has 1 atom stereocenters. The Labute approximate surface area is 109 Å². The number of nitrogen functional groups attached to an aromatic ring is 1. The smallest absolute Gasteiger partial charge is 0.241 e. The predicted octanol–water partition coefficient (Wildman–Crippen LogP) is 1.96. The molecule has 2 rings (SSSR count). The minimum absolute atomic E-state index is 0.0303. The molecule has 3 N–H and O–H groups in total. The largest absolute Gasteiger partial charge is 0.398 e. The SMILES string of the molecule is Cc1ccc(N)c(C)c1S(=O)(=O)NC1CC1(C)C. The van der Waals surface area contributed by atoms with Gasteiger partial charge < -0.3 is 5.73 Å². The topological polar surface area (TPSA) is 72.2 Å². The first-order chi connectivity index (χ1) is 8.15. The highest BCUT2D eigenvalue weighted by Crippen LogP contribution is 2.45. The van der Waals surface area contributed by atoms with Gasteiger partial charge in [-0.25, -0.2) is 13.1 Å². The second kappa shape index (κ2) is 3.96. The highest BCUT2D eigenvalue weighted by atomic mass is 32.2. The molecule has 0 amide bonds. The van der Waals surface area contributed by atoms with Gasteiger partial charge in [0.1, 0.15) is 0 Å². The van der Waals surface area contributed by atoms with Crippen LogP contribution in [0.3, 0.4) is 0 Å². The molecule has 0 aromatic heterocycles. The van der Waals surface area contributed by atoms with Crippen molar-refractivity contribution in [2.24, 2.45) is 5.41 Å². The van der Waals surface area contributed by atoms with Crippen molar-refractivity contribution in [2.75, 3.05) is 5.73 Å². The van der Waals surface area contributed by atoms with Crippen LogP contribution in [0.5, 0.6) is 0 Å². The highest BCUT2D eigenvalue weighted by Gasteiger charge is 2.48. The lowest BCUT2D eigenvalue weighted by Gasteiger charge is -2.14. The first kappa shape index (κ1) is 13.4. The van der Waals surface area contributed by atoms with E-state index < -0.39 is 10.0 Å². The van der Waals surface area contributed by atoms with Gasteiger partial charge in [0.25, 0.3) is 0 Å². The number of rotatable bonds is 3. The average Bonchev–Trinajstić information content (AvgIpc) is 2.79. The van der Waals surface area contributed by atoms with Crippen molar-refractivity contribution >= 4 is 15.7 Å². The molecule has 4 nitrogen and oxygen atoms in total. The maximum Gasteiger partial charge on any atom is 0.241 e. The number of hydrogen-bond donors (Lipinski definition) is 2. The minimum atomic E-state index is -3.48. The molecule has 1 aliphatic carbocycles. The van der Waals surface area contributed by atoms with Crippen LogP contribution < -0.4 is 10.5 Å². The van der Waals surface area contributed by atoms with Gasteiger partial charge in [-0.15, -0.1) is 0 Å². The first-order valence-corrected chi connectivity index (χ1v) is 7.51. The van der Waals surface area contributed by atoms with E-state index in [2.05, 4.69) is 18.6 Å². The molecule has 1 aromatic rings. The van der Waals surface area contributed by atoms with E-state index in [1.54, 1.807) is 26.0 Å². The summed E-state index contributed by atoms with van der Waals surface area (Å²) in [5.41, 5.74) is 7.72. The second-order valence-electron chi connectivity index (χ2n) is 5.79. The fraction of sp³-hybridized carbons (Fsp3) is 0.538. The third-order valence-electron chi connectivity index (χ3n) is 3.72. The van der Waals surface area contributed by atoms with E-state index in [0.717, 1.165) is 12.0 Å². The average molecular weight is 268 g/mol. The molecule has 0 saturated heterocycles. The Bertz CT molecular complexity index is 591. The number of benzene rings is 1. The Balaban J connectivity index is 2.39. The Morgan fingerprint density at radius 1 is 1.33 bits per heavy atom. The van der Waals surface area contributed by atoms with Crippen LogP contribution in [0.1, 0.15) is 31.4 Å². The fourth-order valence-electron chi connectivity index (χ4n) is 2.17. The lowest BCUT2D eigenvalue weighted by molar-refractivity contribution is 0.554. The van der Waals surface area contributed by atoms with Gasteiger partial charge >= 0.3 is 0 Å². The second-order valence-corrected chi connectivity index (χ2v) is 7.44. The van der Waals surface area contributed by atoms with Crippen molar-refractivity contribution in [1.29, 1.82) is 0 Å². The Kier molecular flexibility index (Phi) is 2.94. The summed E-state index contributed by atoms with van der Waals surface area (Å²) in [5, 5.41) is 0. The third kappa shape index (κ3) is 2.24. The molecule has 100 valence electrons. The maximum atomic E-state index is 12.4. The van der Waals surface area contributed by atoms with Crippen LogP contribution in [0.25, 0.3) is 0 Å². The molecular formula is C13H20N2O2S. The molecule has 0 heterocycles. The molecule has 18 heavy (non-hydrogen) atoms. The van der Waals surface area contributed by atoms with Gasteiger partial charge in [-0.3, -0.25) is 0 Å². The van der Waals surface area contributed by atoms with Gasteiger partial charge in [0.15, 0.2) is 0 Å². The van der Waals surface area contributed by atoms with Gasteiger partial charge in [0.2, 0.25) is 10.0 Å². The summed E-state index contributed by atoms with van der Waals surface area (Å²) < 4.78 is 27.6. The van der Waals surface area contributed by atoms with E-state index in [-0.39, 0.29) is 11.5 Å². The number of aryl methyl sites for hydroxylation is 1. The predicted molar refractivity (Wildman–Crippen MR) is 72.8 cm³/mol. The summed E-state index contributed by atoms with van der Waals surface area (Å²) in [6, 6.07) is 3.52. The summed E-state index contributed by atoms with van der Waals surface area (Å²) in [7, 11) is -3.48.